The van der Waals surface area contributed by atoms with E-state index in [-0.39, 0.29) is 12.6 Å². The fraction of sp³-hybridized carbons (Fsp3) is 0.615. The van der Waals surface area contributed by atoms with Crippen molar-refractivity contribution in [3.8, 4) is 0 Å². The van der Waals surface area contributed by atoms with Crippen molar-refractivity contribution < 1.29 is 9.90 Å². The lowest BCUT2D eigenvalue weighted by Crippen LogP contribution is -2.43. The largest absolute Gasteiger partial charge is 0.395 e. The zero-order valence-electron chi connectivity index (χ0n) is 11.1. The molecule has 0 saturated heterocycles. The van der Waals surface area contributed by atoms with E-state index in [0.717, 1.165) is 6.42 Å². The van der Waals surface area contributed by atoms with Crippen molar-refractivity contribution in [3.63, 3.8) is 0 Å². The van der Waals surface area contributed by atoms with Crippen LogP contribution in [0.15, 0.2) is 17.5 Å². The molecule has 0 aliphatic carbocycles. The lowest BCUT2D eigenvalue weighted by Gasteiger charge is -2.22. The van der Waals surface area contributed by atoms with Gasteiger partial charge in [0.1, 0.15) is 0 Å². The molecule has 1 unspecified atom stereocenters. The first-order valence-electron chi connectivity index (χ1n) is 6.36. The van der Waals surface area contributed by atoms with Gasteiger partial charge in [0.15, 0.2) is 0 Å². The Bertz CT molecular complexity index is 335. The number of thiophene rings is 1. The van der Waals surface area contributed by atoms with Crippen LogP contribution in [0.2, 0.25) is 0 Å². The van der Waals surface area contributed by atoms with Crippen molar-refractivity contribution in [3.05, 3.63) is 22.4 Å². The number of nitrogens with one attached hydrogen (secondary N) is 1. The second kappa shape index (κ2) is 8.11. The van der Waals surface area contributed by atoms with Gasteiger partial charge in [-0.1, -0.05) is 19.9 Å². The molecule has 1 atom stereocenters. The molecule has 102 valence electrons. The highest BCUT2D eigenvalue weighted by Crippen LogP contribution is 2.19. The van der Waals surface area contributed by atoms with E-state index < -0.39 is 0 Å². The molecule has 1 rings (SSSR count). The predicted octanol–water partition coefficient (Wildman–Crippen LogP) is 2.27. The minimum Gasteiger partial charge on any atom is -0.395 e. The van der Waals surface area contributed by atoms with Gasteiger partial charge >= 0.3 is 6.03 Å². The summed E-state index contributed by atoms with van der Waals surface area (Å²) < 4.78 is 0. The van der Waals surface area contributed by atoms with E-state index in [2.05, 4.69) is 18.3 Å². The molecule has 0 bridgehead atoms. The molecule has 0 spiro atoms. The lowest BCUT2D eigenvalue weighted by molar-refractivity contribution is 0.177. The zero-order valence-corrected chi connectivity index (χ0v) is 11.9. The Labute approximate surface area is 113 Å². The van der Waals surface area contributed by atoms with Crippen LogP contribution in [0.1, 0.15) is 31.1 Å². The molecule has 18 heavy (non-hydrogen) atoms. The number of carbonyl (C=O) groups excluding carboxylic acids is 1. The molecule has 1 aromatic heterocycles. The summed E-state index contributed by atoms with van der Waals surface area (Å²) in [7, 11) is 0. The second-order valence-corrected chi connectivity index (χ2v) is 5.29. The van der Waals surface area contributed by atoms with Gasteiger partial charge in [0.25, 0.3) is 0 Å². The predicted molar refractivity (Wildman–Crippen MR) is 75.1 cm³/mol. The smallest absolute Gasteiger partial charge is 0.317 e. The Morgan fingerprint density at radius 1 is 1.56 bits per heavy atom. The Hall–Kier alpha value is -1.07. The van der Waals surface area contributed by atoms with Gasteiger partial charge < -0.3 is 15.3 Å². The van der Waals surface area contributed by atoms with Gasteiger partial charge in [0, 0.05) is 30.4 Å². The quantitative estimate of drug-likeness (QED) is 0.798. The summed E-state index contributed by atoms with van der Waals surface area (Å²) in [6.07, 6.45) is 0.897. The summed E-state index contributed by atoms with van der Waals surface area (Å²) in [5, 5.41) is 13.9. The molecule has 4 nitrogen and oxygen atoms in total. The molecule has 0 saturated carbocycles. The van der Waals surface area contributed by atoms with Crippen LogP contribution >= 0.6 is 11.3 Å². The summed E-state index contributed by atoms with van der Waals surface area (Å²) in [5.41, 5.74) is 0. The summed E-state index contributed by atoms with van der Waals surface area (Å²) >= 11 is 1.71. The number of urea groups is 1. The maximum atomic E-state index is 11.9. The second-order valence-electron chi connectivity index (χ2n) is 4.31. The van der Waals surface area contributed by atoms with Crippen molar-refractivity contribution in [1.82, 2.24) is 10.2 Å². The average molecular weight is 270 g/mol. The van der Waals surface area contributed by atoms with Crippen molar-refractivity contribution in [1.29, 1.82) is 0 Å². The fourth-order valence-electron chi connectivity index (χ4n) is 1.73. The van der Waals surface area contributed by atoms with Crippen LogP contribution < -0.4 is 5.32 Å². The first kappa shape index (κ1) is 15.0. The molecule has 0 radical (unpaired) electrons. The van der Waals surface area contributed by atoms with Crippen molar-refractivity contribution in [2.24, 2.45) is 0 Å². The highest BCUT2D eigenvalue weighted by atomic mass is 32.1. The van der Waals surface area contributed by atoms with Crippen LogP contribution in [0.5, 0.6) is 0 Å². The van der Waals surface area contributed by atoms with E-state index in [0.29, 0.717) is 25.6 Å². The third-order valence-corrected chi connectivity index (χ3v) is 3.84. The average Bonchev–Trinajstić information content (AvgIpc) is 2.89. The van der Waals surface area contributed by atoms with Crippen LogP contribution in [0.4, 0.5) is 4.79 Å². The van der Waals surface area contributed by atoms with Gasteiger partial charge in [-0.3, -0.25) is 0 Å². The summed E-state index contributed by atoms with van der Waals surface area (Å²) in [6.45, 7) is 5.83. The Balaban J connectivity index is 2.39. The summed E-state index contributed by atoms with van der Waals surface area (Å²) in [4.78, 5) is 14.8. The van der Waals surface area contributed by atoms with Gasteiger partial charge in [-0.25, -0.2) is 4.79 Å². The third-order valence-electron chi connectivity index (χ3n) is 2.74. The van der Waals surface area contributed by atoms with Crippen molar-refractivity contribution in [2.75, 3.05) is 26.2 Å². The first-order valence-corrected chi connectivity index (χ1v) is 7.24. The fourth-order valence-corrected chi connectivity index (χ4v) is 2.52. The molecule has 0 aliphatic rings. The minimum absolute atomic E-state index is 0.00784. The van der Waals surface area contributed by atoms with E-state index in [1.54, 1.807) is 16.2 Å². The van der Waals surface area contributed by atoms with E-state index in [1.807, 2.05) is 18.4 Å². The van der Waals surface area contributed by atoms with E-state index in [1.165, 1.54) is 4.88 Å². The molecular weight excluding hydrogens is 248 g/mol. The number of nitrogens with zero attached hydrogens (tertiary/aromatic N) is 1. The van der Waals surface area contributed by atoms with Crippen LogP contribution in [-0.2, 0) is 0 Å². The monoisotopic (exact) mass is 270 g/mol. The van der Waals surface area contributed by atoms with Crippen molar-refractivity contribution >= 4 is 17.4 Å². The van der Waals surface area contributed by atoms with Gasteiger partial charge in [0.05, 0.1) is 6.61 Å². The molecule has 2 amide bonds. The third kappa shape index (κ3) is 4.66. The number of aliphatic hydroxyl groups excluding tert-OH is 1. The molecule has 5 heteroatoms. The first-order chi connectivity index (χ1) is 8.69. The number of rotatable bonds is 7. The Morgan fingerprint density at radius 2 is 2.33 bits per heavy atom. The molecular formula is C13H22N2O2S. The Kier molecular flexibility index (Phi) is 6.75. The zero-order chi connectivity index (χ0) is 13.4. The molecule has 1 aromatic rings. The molecule has 1 heterocycles. The van der Waals surface area contributed by atoms with Gasteiger partial charge in [-0.15, -0.1) is 11.3 Å². The highest BCUT2D eigenvalue weighted by Gasteiger charge is 2.13. The number of hydrogen-bond acceptors (Lipinski definition) is 3. The molecule has 0 aromatic carbocycles. The highest BCUT2D eigenvalue weighted by molar-refractivity contribution is 7.10. The van der Waals surface area contributed by atoms with Crippen LogP contribution in [0, 0.1) is 0 Å². The minimum atomic E-state index is -0.0886. The number of hydrogen-bond donors (Lipinski definition) is 2. The van der Waals surface area contributed by atoms with Gasteiger partial charge in [-0.05, 0) is 17.9 Å². The summed E-state index contributed by atoms with van der Waals surface area (Å²) in [5.74, 6) is 0.326. The molecule has 0 fully saturated rings. The maximum Gasteiger partial charge on any atom is 0.317 e. The molecule has 2 N–H and O–H groups in total. The van der Waals surface area contributed by atoms with Gasteiger partial charge in [0.2, 0.25) is 0 Å². The van der Waals surface area contributed by atoms with E-state index >= 15 is 0 Å². The topological polar surface area (TPSA) is 52.6 Å². The maximum absolute atomic E-state index is 11.9. The number of carbonyl (C=O) groups is 1. The van der Waals surface area contributed by atoms with Gasteiger partial charge in [-0.2, -0.15) is 0 Å². The lowest BCUT2D eigenvalue weighted by atomic mass is 10.1. The standard InChI is InChI=1S/C13H22N2O2S/c1-3-6-15(7-8-16)13(17)14-10-11(2)12-5-4-9-18-12/h4-5,9,11,16H,3,6-8,10H2,1-2H3,(H,14,17). The van der Waals surface area contributed by atoms with Crippen LogP contribution in [0.25, 0.3) is 0 Å². The van der Waals surface area contributed by atoms with Crippen molar-refractivity contribution in [2.45, 2.75) is 26.2 Å². The van der Waals surface area contributed by atoms with Crippen LogP contribution in [0.3, 0.4) is 0 Å². The SMILES string of the molecule is CCCN(CCO)C(=O)NCC(C)c1cccs1. The molecule has 0 aliphatic heterocycles. The normalized spacial score (nSPS) is 12.2. The summed E-state index contributed by atoms with van der Waals surface area (Å²) in [6, 6.07) is 4.02. The number of amides is 2. The van der Waals surface area contributed by atoms with E-state index in [9.17, 15) is 4.79 Å². The van der Waals surface area contributed by atoms with Crippen LogP contribution in [-0.4, -0.2) is 42.3 Å². The Morgan fingerprint density at radius 3 is 2.89 bits per heavy atom. The number of aliphatic hydroxyl groups is 1. The van der Waals surface area contributed by atoms with E-state index in [4.69, 9.17) is 5.11 Å².